The molecular weight excluding hydrogens is 283 g/mol. The van der Waals surface area contributed by atoms with E-state index in [-0.39, 0.29) is 7.92 Å². The Hall–Kier alpha value is -1.91. The second-order valence-electron chi connectivity index (χ2n) is 5.61. The van der Waals surface area contributed by atoms with Crippen molar-refractivity contribution >= 4 is 13.2 Å². The van der Waals surface area contributed by atoms with Gasteiger partial charge in [0.25, 0.3) is 0 Å². The summed E-state index contributed by atoms with van der Waals surface area (Å²) in [5.41, 5.74) is 4.29. The number of benzene rings is 3. The van der Waals surface area contributed by atoms with Crippen LogP contribution in [0, 0.1) is 6.92 Å². The average molecular weight is 304 g/mol. The molecule has 0 amide bonds. The molecule has 0 spiro atoms. The van der Waals surface area contributed by atoms with Crippen LogP contribution in [0.4, 0.5) is 0 Å². The normalized spacial score (nSPS) is 10.8. The largest absolute Gasteiger partial charge is 0.0661 e. The third-order valence-corrected chi connectivity index (χ3v) is 6.57. The third-order valence-electron chi connectivity index (χ3n) is 3.89. The van der Waals surface area contributed by atoms with E-state index in [1.165, 1.54) is 22.0 Å². The van der Waals surface area contributed by atoms with Crippen LogP contribution in [0.25, 0.3) is 0 Å². The second-order valence-corrected chi connectivity index (χ2v) is 7.81. The predicted molar refractivity (Wildman–Crippen MR) is 98.0 cm³/mol. The van der Waals surface area contributed by atoms with Crippen molar-refractivity contribution in [2.75, 3.05) is 0 Å². The van der Waals surface area contributed by atoms with E-state index in [4.69, 9.17) is 0 Å². The van der Waals surface area contributed by atoms with E-state index in [9.17, 15) is 0 Å². The fourth-order valence-electron chi connectivity index (χ4n) is 2.75. The van der Waals surface area contributed by atoms with Gasteiger partial charge in [0.15, 0.2) is 0 Å². The zero-order chi connectivity index (χ0) is 15.2. The molecule has 0 aromatic heterocycles. The van der Waals surface area contributed by atoms with Gasteiger partial charge in [-0.25, -0.2) is 0 Å². The molecule has 0 aliphatic heterocycles. The summed E-state index contributed by atoms with van der Waals surface area (Å²) in [5, 5.41) is 1.53. The number of rotatable bonds is 5. The fraction of sp³-hybridized carbons (Fsp3) is 0.143. The van der Waals surface area contributed by atoms with Crippen molar-refractivity contribution in [1.82, 2.24) is 0 Å². The van der Waals surface area contributed by atoms with Crippen LogP contribution in [0.15, 0.2) is 84.9 Å². The van der Waals surface area contributed by atoms with Crippen molar-refractivity contribution in [1.29, 1.82) is 0 Å². The van der Waals surface area contributed by atoms with Crippen LogP contribution in [-0.2, 0) is 12.3 Å². The van der Waals surface area contributed by atoms with Crippen molar-refractivity contribution in [3.05, 3.63) is 102 Å². The average Bonchev–Trinajstić information content (AvgIpc) is 2.57. The predicted octanol–water partition coefficient (Wildman–Crippen LogP) is 5.50. The molecule has 0 saturated heterocycles. The molecule has 22 heavy (non-hydrogen) atoms. The molecule has 0 heterocycles. The van der Waals surface area contributed by atoms with Gasteiger partial charge in [-0.1, -0.05) is 92.9 Å². The fourth-order valence-corrected chi connectivity index (χ4v) is 5.38. The minimum atomic E-state index is -0.229. The maximum atomic E-state index is 2.31. The van der Waals surface area contributed by atoms with Gasteiger partial charge in [-0.15, -0.1) is 0 Å². The molecule has 3 rings (SSSR count). The Balaban J connectivity index is 1.90. The smallest absolute Gasteiger partial charge is 0.00297 e. The molecule has 1 heteroatoms. The molecule has 0 fully saturated rings. The highest BCUT2D eigenvalue weighted by atomic mass is 31.1. The van der Waals surface area contributed by atoms with Crippen molar-refractivity contribution in [3.63, 3.8) is 0 Å². The Morgan fingerprint density at radius 2 is 1.05 bits per heavy atom. The van der Waals surface area contributed by atoms with Crippen molar-refractivity contribution < 1.29 is 0 Å². The van der Waals surface area contributed by atoms with Gasteiger partial charge >= 0.3 is 0 Å². The van der Waals surface area contributed by atoms with E-state index < -0.39 is 0 Å². The van der Waals surface area contributed by atoms with E-state index in [0.29, 0.717) is 0 Å². The highest BCUT2D eigenvalue weighted by Gasteiger charge is 2.14. The standard InChI is InChI=1S/C21H21P/c1-18-10-8-9-15-21(18)22(16-19-11-4-2-5-12-19)17-20-13-6-3-7-14-20/h2-15H,16-17H2,1H3. The molecule has 0 unspecified atom stereocenters. The molecule has 0 nitrogen and oxygen atoms in total. The molecule has 0 atom stereocenters. The summed E-state index contributed by atoms with van der Waals surface area (Å²) in [6, 6.07) is 30.6. The van der Waals surface area contributed by atoms with E-state index >= 15 is 0 Å². The lowest BCUT2D eigenvalue weighted by Gasteiger charge is -2.20. The molecule has 0 aliphatic rings. The zero-order valence-corrected chi connectivity index (χ0v) is 13.8. The quantitative estimate of drug-likeness (QED) is 0.546. The van der Waals surface area contributed by atoms with E-state index in [1.54, 1.807) is 0 Å². The summed E-state index contributed by atoms with van der Waals surface area (Å²) < 4.78 is 0. The first kappa shape index (κ1) is 15.0. The summed E-state index contributed by atoms with van der Waals surface area (Å²) in [4.78, 5) is 0. The maximum Gasteiger partial charge on any atom is -0.00297 e. The van der Waals surface area contributed by atoms with Gasteiger partial charge in [-0.2, -0.15) is 0 Å². The molecule has 110 valence electrons. The molecule has 0 N–H and O–H groups in total. The molecule has 0 bridgehead atoms. The first-order valence-electron chi connectivity index (χ1n) is 7.71. The van der Waals surface area contributed by atoms with Gasteiger partial charge in [0.2, 0.25) is 0 Å². The van der Waals surface area contributed by atoms with Crippen LogP contribution in [0.5, 0.6) is 0 Å². The Morgan fingerprint density at radius 1 is 0.591 bits per heavy atom. The van der Waals surface area contributed by atoms with Gasteiger partial charge in [0.05, 0.1) is 0 Å². The van der Waals surface area contributed by atoms with E-state index in [2.05, 4.69) is 91.9 Å². The topological polar surface area (TPSA) is 0 Å². The van der Waals surface area contributed by atoms with Gasteiger partial charge in [-0.3, -0.25) is 0 Å². The SMILES string of the molecule is Cc1ccccc1P(Cc1ccccc1)Cc1ccccc1. The van der Waals surface area contributed by atoms with Crippen LogP contribution in [0.3, 0.4) is 0 Å². The minimum Gasteiger partial charge on any atom is -0.0661 e. The summed E-state index contributed by atoms with van der Waals surface area (Å²) in [7, 11) is -0.229. The summed E-state index contributed by atoms with van der Waals surface area (Å²) in [6.07, 6.45) is 2.30. The Morgan fingerprint density at radius 3 is 1.55 bits per heavy atom. The molecular formula is C21H21P. The van der Waals surface area contributed by atoms with Crippen molar-refractivity contribution in [2.45, 2.75) is 19.2 Å². The lowest BCUT2D eigenvalue weighted by Crippen LogP contribution is -2.08. The minimum absolute atomic E-state index is 0.229. The van der Waals surface area contributed by atoms with Gasteiger partial charge in [0, 0.05) is 0 Å². The Bertz CT molecular complexity index is 663. The highest BCUT2D eigenvalue weighted by molar-refractivity contribution is 7.64. The third kappa shape index (κ3) is 3.84. The van der Waals surface area contributed by atoms with Gasteiger partial charge in [-0.05, 0) is 41.2 Å². The van der Waals surface area contributed by atoms with Crippen molar-refractivity contribution in [3.8, 4) is 0 Å². The molecule has 3 aromatic carbocycles. The van der Waals surface area contributed by atoms with Crippen molar-refractivity contribution in [2.24, 2.45) is 0 Å². The molecule has 0 radical (unpaired) electrons. The lowest BCUT2D eigenvalue weighted by atomic mass is 10.2. The molecule has 3 aromatic rings. The van der Waals surface area contributed by atoms with Crippen LogP contribution >= 0.6 is 7.92 Å². The Labute approximate surface area is 134 Å². The van der Waals surface area contributed by atoms with Crippen LogP contribution in [0.1, 0.15) is 16.7 Å². The first-order valence-corrected chi connectivity index (χ1v) is 9.42. The van der Waals surface area contributed by atoms with Gasteiger partial charge < -0.3 is 0 Å². The molecule has 0 saturated carbocycles. The number of aryl methyl sites for hydroxylation is 1. The Kier molecular flexibility index (Phi) is 5.03. The monoisotopic (exact) mass is 304 g/mol. The van der Waals surface area contributed by atoms with Gasteiger partial charge in [0.1, 0.15) is 0 Å². The van der Waals surface area contributed by atoms with Crippen LogP contribution < -0.4 is 5.30 Å². The second kappa shape index (κ2) is 7.38. The number of hydrogen-bond acceptors (Lipinski definition) is 0. The molecule has 0 aliphatic carbocycles. The van der Waals surface area contributed by atoms with Crippen LogP contribution in [0.2, 0.25) is 0 Å². The number of hydrogen-bond donors (Lipinski definition) is 0. The maximum absolute atomic E-state index is 2.31. The summed E-state index contributed by atoms with van der Waals surface area (Å²) in [5.74, 6) is 0. The lowest BCUT2D eigenvalue weighted by molar-refractivity contribution is 1.33. The zero-order valence-electron chi connectivity index (χ0n) is 12.9. The van der Waals surface area contributed by atoms with Crippen LogP contribution in [-0.4, -0.2) is 0 Å². The van der Waals surface area contributed by atoms with E-state index in [0.717, 1.165) is 12.3 Å². The first-order chi connectivity index (χ1) is 10.8. The summed E-state index contributed by atoms with van der Waals surface area (Å²) in [6.45, 7) is 2.24. The highest BCUT2D eigenvalue weighted by Crippen LogP contribution is 2.43. The summed E-state index contributed by atoms with van der Waals surface area (Å²) >= 11 is 0. The van der Waals surface area contributed by atoms with E-state index in [1.807, 2.05) is 0 Å².